The van der Waals surface area contributed by atoms with Gasteiger partial charge in [-0.25, -0.2) is 4.79 Å². The Morgan fingerprint density at radius 1 is 1.00 bits per heavy atom. The van der Waals surface area contributed by atoms with Crippen LogP contribution in [-0.4, -0.2) is 27.3 Å². The van der Waals surface area contributed by atoms with Crippen LogP contribution in [0.1, 0.15) is 58.1 Å². The van der Waals surface area contributed by atoms with E-state index in [1.165, 1.54) is 5.56 Å². The molecule has 0 bridgehead atoms. The smallest absolute Gasteiger partial charge is 0.327 e. The molecule has 2 aromatic rings. The average Bonchev–Trinajstić information content (AvgIpc) is 2.80. The Morgan fingerprint density at radius 3 is 2.33 bits per heavy atom. The maximum atomic E-state index is 13.3. The average molecular weight is 452 g/mol. The molecule has 2 aliphatic rings. The fourth-order valence-corrected chi connectivity index (χ4v) is 4.07. The normalized spacial score (nSPS) is 14.9. The van der Waals surface area contributed by atoms with Crippen molar-refractivity contribution in [2.24, 2.45) is 0 Å². The number of hydrogen-bond acceptors (Lipinski definition) is 5. The van der Waals surface area contributed by atoms with Gasteiger partial charge in [0.15, 0.2) is 0 Å². The number of H-pyrrole nitrogens is 2. The van der Waals surface area contributed by atoms with Gasteiger partial charge in [0.05, 0.1) is 11.1 Å². The first kappa shape index (κ1) is 24.1. The lowest BCUT2D eigenvalue weighted by Gasteiger charge is -2.40. The Morgan fingerprint density at radius 2 is 1.70 bits per heavy atom. The Balaban J connectivity index is 0.00000149. The van der Waals surface area contributed by atoms with Gasteiger partial charge in [-0.1, -0.05) is 59.2 Å². The van der Waals surface area contributed by atoms with Gasteiger partial charge in [0, 0.05) is 18.7 Å². The number of aromatic nitrogens is 2. The molecule has 3 heterocycles. The topological polar surface area (TPSA) is 101 Å². The number of hydrogen-bond donors (Lipinski definition) is 3. The highest BCUT2D eigenvalue weighted by atomic mass is 16.2. The third-order valence-electron chi connectivity index (χ3n) is 5.67. The van der Waals surface area contributed by atoms with Crippen LogP contribution in [0.4, 0.5) is 11.5 Å². The van der Waals surface area contributed by atoms with Gasteiger partial charge in [-0.3, -0.25) is 29.4 Å². The Bertz CT molecular complexity index is 1170. The molecule has 1 amide bonds. The van der Waals surface area contributed by atoms with Gasteiger partial charge in [-0.2, -0.15) is 0 Å². The number of nitrogens with one attached hydrogen (secondary N) is 3. The molecule has 8 heteroatoms. The van der Waals surface area contributed by atoms with Gasteiger partial charge in [0.25, 0.3) is 11.5 Å². The highest BCUT2D eigenvalue weighted by Gasteiger charge is 2.38. The lowest BCUT2D eigenvalue weighted by Crippen LogP contribution is -2.50. The molecular weight excluding hydrogens is 418 g/mol. The van der Waals surface area contributed by atoms with Gasteiger partial charge in [0.2, 0.25) is 0 Å². The van der Waals surface area contributed by atoms with E-state index in [0.717, 1.165) is 31.4 Å². The van der Waals surface area contributed by atoms with Crippen molar-refractivity contribution < 1.29 is 4.79 Å². The Hall–Kier alpha value is -3.55. The van der Waals surface area contributed by atoms with Crippen LogP contribution in [0.15, 0.2) is 57.6 Å². The molecule has 1 aromatic heterocycles. The van der Waals surface area contributed by atoms with E-state index in [2.05, 4.69) is 35.7 Å². The molecule has 33 heavy (non-hydrogen) atoms. The molecular formula is C25H33N5O3. The molecule has 0 atom stereocenters. The fourth-order valence-electron chi connectivity index (χ4n) is 4.07. The maximum absolute atomic E-state index is 13.3. The third-order valence-corrected chi connectivity index (χ3v) is 5.67. The standard InChI is InChI=1S/C23H27N5O3.C2H6/c1-4-6-12-27-14(3)24-20-18(22(27)30)13-17-19(25-23(31)26-21(17)29)28(20)16-10-8-15(7-5-2)9-11-16;1-2/h8-11,24H,3-7,12-13H2,1-2H3,(H2,25,26,29,31);1-2H3. The van der Waals surface area contributed by atoms with Gasteiger partial charge in [0.1, 0.15) is 17.5 Å². The van der Waals surface area contributed by atoms with Crippen molar-refractivity contribution in [3.63, 3.8) is 0 Å². The lowest BCUT2D eigenvalue weighted by atomic mass is 9.98. The summed E-state index contributed by atoms with van der Waals surface area (Å²) in [6.07, 6.45) is 3.92. The second-order valence-electron chi connectivity index (χ2n) is 7.87. The first-order valence-corrected chi connectivity index (χ1v) is 11.7. The second kappa shape index (κ2) is 10.4. The van der Waals surface area contributed by atoms with Crippen molar-refractivity contribution in [1.29, 1.82) is 0 Å². The summed E-state index contributed by atoms with van der Waals surface area (Å²) in [4.78, 5) is 46.4. The summed E-state index contributed by atoms with van der Waals surface area (Å²) < 4.78 is 0. The minimum atomic E-state index is -0.592. The third kappa shape index (κ3) is 4.65. The molecule has 0 fully saturated rings. The molecule has 2 aliphatic heterocycles. The van der Waals surface area contributed by atoms with Crippen LogP contribution in [0.2, 0.25) is 0 Å². The molecule has 3 N–H and O–H groups in total. The van der Waals surface area contributed by atoms with Gasteiger partial charge < -0.3 is 5.32 Å². The van der Waals surface area contributed by atoms with E-state index < -0.39 is 11.2 Å². The summed E-state index contributed by atoms with van der Waals surface area (Å²) in [5.41, 5.74) is 1.69. The number of carbonyl (C=O) groups excluding carboxylic acids is 1. The van der Waals surface area contributed by atoms with Crippen LogP contribution in [0.5, 0.6) is 0 Å². The number of nitrogens with zero attached hydrogens (tertiary/aromatic N) is 2. The lowest BCUT2D eigenvalue weighted by molar-refractivity contribution is -0.126. The molecule has 0 saturated carbocycles. The molecule has 8 nitrogen and oxygen atoms in total. The first-order valence-electron chi connectivity index (χ1n) is 11.7. The number of carbonyl (C=O) groups is 1. The predicted molar refractivity (Wildman–Crippen MR) is 131 cm³/mol. The zero-order valence-electron chi connectivity index (χ0n) is 19.9. The van der Waals surface area contributed by atoms with E-state index in [4.69, 9.17) is 0 Å². The number of benzene rings is 1. The van der Waals surface area contributed by atoms with E-state index in [-0.39, 0.29) is 12.3 Å². The van der Waals surface area contributed by atoms with Crippen molar-refractivity contribution in [1.82, 2.24) is 20.2 Å². The summed E-state index contributed by atoms with van der Waals surface area (Å²) in [5.74, 6) is 1.21. The predicted octanol–water partition coefficient (Wildman–Crippen LogP) is 3.65. The zero-order chi connectivity index (χ0) is 24.1. The van der Waals surface area contributed by atoms with Gasteiger partial charge in [-0.05, 0) is 30.5 Å². The largest absolute Gasteiger partial charge is 0.327 e. The number of aryl methyl sites for hydroxylation is 1. The summed E-state index contributed by atoms with van der Waals surface area (Å²) in [5, 5.41) is 3.26. The van der Waals surface area contributed by atoms with Crippen molar-refractivity contribution in [2.75, 3.05) is 11.4 Å². The summed E-state index contributed by atoms with van der Waals surface area (Å²) in [7, 11) is 0. The minimum Gasteiger partial charge on any atom is -0.327 e. The fraction of sp³-hybridized carbons (Fsp3) is 0.400. The van der Waals surface area contributed by atoms with Crippen LogP contribution in [-0.2, 0) is 17.6 Å². The molecule has 4 rings (SSSR count). The number of unbranched alkanes of at least 4 members (excludes halogenated alkanes) is 1. The summed E-state index contributed by atoms with van der Waals surface area (Å²) in [6.45, 7) is 12.8. The molecule has 176 valence electrons. The van der Waals surface area contributed by atoms with E-state index in [1.54, 1.807) is 9.80 Å². The Labute approximate surface area is 194 Å². The van der Waals surface area contributed by atoms with Gasteiger partial charge in [-0.15, -0.1) is 0 Å². The summed E-state index contributed by atoms with van der Waals surface area (Å²) >= 11 is 0. The number of aromatic amines is 2. The first-order chi connectivity index (χ1) is 15.9. The van der Waals surface area contributed by atoms with Crippen molar-refractivity contribution >= 4 is 17.4 Å². The number of rotatable bonds is 6. The van der Waals surface area contributed by atoms with Crippen molar-refractivity contribution in [3.8, 4) is 0 Å². The monoisotopic (exact) mass is 451 g/mol. The van der Waals surface area contributed by atoms with E-state index in [0.29, 0.717) is 35.1 Å². The van der Waals surface area contributed by atoms with Crippen LogP contribution >= 0.6 is 0 Å². The van der Waals surface area contributed by atoms with Crippen LogP contribution in [0.25, 0.3) is 0 Å². The van der Waals surface area contributed by atoms with Crippen LogP contribution in [0.3, 0.4) is 0 Å². The number of fused-ring (bicyclic) bond motifs is 1. The molecule has 0 spiro atoms. The summed E-state index contributed by atoms with van der Waals surface area (Å²) in [6, 6.07) is 7.91. The minimum absolute atomic E-state index is 0.128. The van der Waals surface area contributed by atoms with E-state index in [9.17, 15) is 14.4 Å². The zero-order valence-corrected chi connectivity index (χ0v) is 19.9. The maximum Gasteiger partial charge on any atom is 0.327 e. The highest BCUT2D eigenvalue weighted by Crippen LogP contribution is 2.38. The molecule has 0 radical (unpaired) electrons. The molecule has 0 saturated heterocycles. The quantitative estimate of drug-likeness (QED) is 0.622. The number of amides is 1. The van der Waals surface area contributed by atoms with Gasteiger partial charge >= 0.3 is 5.69 Å². The van der Waals surface area contributed by atoms with E-state index >= 15 is 0 Å². The SMILES string of the molecule is C=C1NC2=C(Cc3c([nH]c(=O)[nH]c3=O)N2c2ccc(CCC)cc2)C(=O)N1CCCC.CC. The van der Waals surface area contributed by atoms with Crippen molar-refractivity contribution in [3.05, 3.63) is 80.0 Å². The molecule has 0 aliphatic carbocycles. The second-order valence-corrected chi connectivity index (χ2v) is 7.87. The molecule has 0 unspecified atom stereocenters. The van der Waals surface area contributed by atoms with E-state index in [1.807, 2.05) is 38.1 Å². The van der Waals surface area contributed by atoms with Crippen LogP contribution in [0, 0.1) is 0 Å². The number of anilines is 2. The van der Waals surface area contributed by atoms with Crippen molar-refractivity contribution in [2.45, 2.75) is 59.8 Å². The Kier molecular flexibility index (Phi) is 7.58. The molecule has 1 aromatic carbocycles. The highest BCUT2D eigenvalue weighted by molar-refractivity contribution is 5.99. The van der Waals surface area contributed by atoms with Crippen LogP contribution < -0.4 is 21.5 Å².